The lowest BCUT2D eigenvalue weighted by Gasteiger charge is -2.30. The Hall–Kier alpha value is -3.31. The van der Waals surface area contributed by atoms with Crippen molar-refractivity contribution in [1.82, 2.24) is 29.8 Å². The van der Waals surface area contributed by atoms with Crippen molar-refractivity contribution in [2.24, 2.45) is 0 Å². The molecule has 0 aromatic carbocycles. The molecule has 192 valence electrons. The number of fused-ring (bicyclic) bond motifs is 1. The molecule has 3 heterocycles. The molecule has 2 fully saturated rings. The molecular weight excluding hydrogens is 461 g/mol. The lowest BCUT2D eigenvalue weighted by atomic mass is 9.91. The minimum atomic E-state index is -0.658. The summed E-state index contributed by atoms with van der Waals surface area (Å²) >= 11 is 0. The molecule has 10 nitrogen and oxygen atoms in total. The molecule has 2 saturated carbocycles. The number of anilines is 3. The number of carbonyl (C=O) groups excluding carboxylic acids is 1. The topological polar surface area (TPSA) is 112 Å². The van der Waals surface area contributed by atoms with Crippen LogP contribution in [0, 0.1) is 5.95 Å². The maximum absolute atomic E-state index is 13.5. The fraction of sp³-hybridized carbons (Fsp3) is 0.520. The van der Waals surface area contributed by atoms with Gasteiger partial charge in [0.25, 0.3) is 5.91 Å². The number of pyridine rings is 1. The Morgan fingerprint density at radius 2 is 1.78 bits per heavy atom. The van der Waals surface area contributed by atoms with Crippen LogP contribution in [0.5, 0.6) is 0 Å². The largest absolute Gasteiger partial charge is 0.379 e. The zero-order valence-electron chi connectivity index (χ0n) is 20.8. The van der Waals surface area contributed by atoms with Gasteiger partial charge in [-0.1, -0.05) is 0 Å². The average Bonchev–Trinajstić information content (AvgIpc) is 3.55. The van der Waals surface area contributed by atoms with Crippen molar-refractivity contribution in [3.05, 3.63) is 42.2 Å². The van der Waals surface area contributed by atoms with Gasteiger partial charge in [0.05, 0.1) is 11.9 Å². The summed E-state index contributed by atoms with van der Waals surface area (Å²) in [5.41, 5.74) is 2.04. The van der Waals surface area contributed by atoms with Crippen molar-refractivity contribution >= 4 is 28.7 Å². The smallest absolute Gasteiger partial charge is 0.276 e. The van der Waals surface area contributed by atoms with E-state index in [4.69, 9.17) is 5.10 Å². The quantitative estimate of drug-likeness (QED) is 0.318. The molecule has 11 heteroatoms. The van der Waals surface area contributed by atoms with E-state index < -0.39 is 11.9 Å². The van der Waals surface area contributed by atoms with Crippen LogP contribution in [-0.2, 0) is 0 Å². The van der Waals surface area contributed by atoms with Crippen molar-refractivity contribution in [3.63, 3.8) is 0 Å². The lowest BCUT2D eigenvalue weighted by Crippen LogP contribution is -2.39. The minimum Gasteiger partial charge on any atom is -0.379 e. The summed E-state index contributed by atoms with van der Waals surface area (Å²) in [6.45, 7) is 2.04. The third-order valence-electron chi connectivity index (χ3n) is 6.69. The molecule has 5 rings (SSSR count). The van der Waals surface area contributed by atoms with E-state index in [0.717, 1.165) is 57.3 Å². The lowest BCUT2D eigenvalue weighted by molar-refractivity contribution is 0.102. The summed E-state index contributed by atoms with van der Waals surface area (Å²) in [7, 11) is 4.18. The van der Waals surface area contributed by atoms with Crippen LogP contribution in [-0.4, -0.2) is 75.7 Å². The number of carbonyl (C=O) groups is 1. The molecule has 0 unspecified atom stereocenters. The number of aromatic nitrogens is 4. The van der Waals surface area contributed by atoms with E-state index in [1.54, 1.807) is 4.52 Å². The van der Waals surface area contributed by atoms with E-state index >= 15 is 0 Å². The number of likely N-dealkylation sites (N-methyl/N-ethyl adjacent to an activating group) is 1. The summed E-state index contributed by atoms with van der Waals surface area (Å²) in [5, 5.41) is 18.2. The fourth-order valence-corrected chi connectivity index (χ4v) is 4.57. The second-order valence-corrected chi connectivity index (χ2v) is 10.0. The van der Waals surface area contributed by atoms with Crippen LogP contribution in [0.4, 0.5) is 21.6 Å². The van der Waals surface area contributed by atoms with Crippen LogP contribution < -0.4 is 21.3 Å². The van der Waals surface area contributed by atoms with Gasteiger partial charge in [0.2, 0.25) is 5.95 Å². The molecule has 0 bridgehead atoms. The molecule has 36 heavy (non-hydrogen) atoms. The predicted molar refractivity (Wildman–Crippen MR) is 138 cm³/mol. The number of rotatable bonds is 10. The van der Waals surface area contributed by atoms with Crippen molar-refractivity contribution in [1.29, 1.82) is 0 Å². The summed E-state index contributed by atoms with van der Waals surface area (Å²) in [6.07, 6.45) is 9.37. The molecule has 0 saturated heterocycles. The highest BCUT2D eigenvalue weighted by molar-refractivity contribution is 6.03. The van der Waals surface area contributed by atoms with Crippen molar-refractivity contribution < 1.29 is 9.18 Å². The maximum Gasteiger partial charge on any atom is 0.276 e. The third kappa shape index (κ3) is 6.08. The first-order chi connectivity index (χ1) is 17.4. The number of hydrogen-bond acceptors (Lipinski definition) is 8. The predicted octanol–water partition coefficient (Wildman–Crippen LogP) is 2.96. The normalized spacial score (nSPS) is 20.0. The first-order valence-electron chi connectivity index (χ1n) is 12.7. The first kappa shape index (κ1) is 24.4. The van der Waals surface area contributed by atoms with Crippen LogP contribution in [0.2, 0.25) is 0 Å². The Morgan fingerprint density at radius 1 is 1.06 bits per heavy atom. The second-order valence-electron chi connectivity index (χ2n) is 10.0. The number of nitrogens with zero attached hydrogens (tertiary/aromatic N) is 5. The monoisotopic (exact) mass is 495 g/mol. The average molecular weight is 496 g/mol. The van der Waals surface area contributed by atoms with E-state index in [1.165, 1.54) is 24.5 Å². The summed E-state index contributed by atoms with van der Waals surface area (Å²) in [4.78, 5) is 23.2. The molecule has 0 spiro atoms. The van der Waals surface area contributed by atoms with Gasteiger partial charge in [-0.25, -0.2) is 14.5 Å². The number of imidazole rings is 1. The molecule has 3 aromatic rings. The SMILES string of the molecule is CN(C)CCN[C@H]1CC[C@H](Nc2cc(NC3CC3)c3ncc(C(=O)Nc4ccnc(F)c4)n3n2)CC1. The molecule has 0 aliphatic heterocycles. The fourth-order valence-electron chi connectivity index (χ4n) is 4.57. The van der Waals surface area contributed by atoms with Gasteiger partial charge in [-0.05, 0) is 58.7 Å². The molecule has 2 aliphatic carbocycles. The zero-order chi connectivity index (χ0) is 25.1. The molecule has 1 amide bonds. The van der Waals surface area contributed by atoms with Crippen LogP contribution >= 0.6 is 0 Å². The molecule has 0 atom stereocenters. The van der Waals surface area contributed by atoms with Gasteiger partial charge in [-0.15, -0.1) is 5.10 Å². The highest BCUT2D eigenvalue weighted by Crippen LogP contribution is 2.30. The number of hydrogen-bond donors (Lipinski definition) is 4. The van der Waals surface area contributed by atoms with Crippen LogP contribution in [0.25, 0.3) is 5.65 Å². The Morgan fingerprint density at radius 3 is 2.50 bits per heavy atom. The van der Waals surface area contributed by atoms with Gasteiger partial charge in [0, 0.05) is 55.2 Å². The van der Waals surface area contributed by atoms with E-state index in [1.807, 2.05) is 6.07 Å². The second kappa shape index (κ2) is 10.8. The molecule has 4 N–H and O–H groups in total. The van der Waals surface area contributed by atoms with Gasteiger partial charge >= 0.3 is 0 Å². The van der Waals surface area contributed by atoms with E-state index in [-0.39, 0.29) is 5.69 Å². The highest BCUT2D eigenvalue weighted by Gasteiger charge is 2.26. The first-order valence-corrected chi connectivity index (χ1v) is 12.7. The molecule has 3 aromatic heterocycles. The van der Waals surface area contributed by atoms with Crippen LogP contribution in [0.15, 0.2) is 30.6 Å². The van der Waals surface area contributed by atoms with E-state index in [0.29, 0.717) is 35.3 Å². The summed E-state index contributed by atoms with van der Waals surface area (Å²) < 4.78 is 15.0. The molecule has 0 radical (unpaired) electrons. The zero-order valence-corrected chi connectivity index (χ0v) is 20.8. The van der Waals surface area contributed by atoms with Crippen LogP contribution in [0.3, 0.4) is 0 Å². The van der Waals surface area contributed by atoms with Gasteiger partial charge in [0.15, 0.2) is 11.3 Å². The van der Waals surface area contributed by atoms with Crippen LogP contribution in [0.1, 0.15) is 49.0 Å². The highest BCUT2D eigenvalue weighted by atomic mass is 19.1. The number of nitrogens with one attached hydrogen (secondary N) is 4. The van der Waals surface area contributed by atoms with Gasteiger partial charge in [-0.2, -0.15) is 4.39 Å². The Labute approximate surface area is 210 Å². The standard InChI is InChI=1S/C25H34FN9O/c1-34(2)12-11-27-16-3-5-18(6-4-16)31-23-14-20(30-17-7-8-17)24-29-15-21(35(24)33-23)25(36)32-19-9-10-28-22(26)13-19/h9-10,13-18,27,30H,3-8,11-12H2,1-2H3,(H,31,33)(H,28,32,36)/t16-,18-. The van der Waals surface area contributed by atoms with Crippen molar-refractivity contribution in [3.8, 4) is 0 Å². The van der Waals surface area contributed by atoms with E-state index in [9.17, 15) is 9.18 Å². The summed E-state index contributed by atoms with van der Waals surface area (Å²) in [6, 6.07) is 5.98. The van der Waals surface area contributed by atoms with Crippen molar-refractivity contribution in [2.75, 3.05) is 43.1 Å². The van der Waals surface area contributed by atoms with Gasteiger partial charge < -0.3 is 26.2 Å². The molecular formula is C25H34FN9O. The minimum absolute atomic E-state index is 0.276. The number of halogens is 1. The van der Waals surface area contributed by atoms with Gasteiger partial charge in [0.1, 0.15) is 5.82 Å². The maximum atomic E-state index is 13.5. The van der Waals surface area contributed by atoms with Crippen molar-refractivity contribution in [2.45, 2.75) is 56.7 Å². The Balaban J connectivity index is 1.30. The Bertz CT molecular complexity index is 1200. The van der Waals surface area contributed by atoms with Gasteiger partial charge in [-0.3, -0.25) is 4.79 Å². The summed E-state index contributed by atoms with van der Waals surface area (Å²) in [5.74, 6) is -0.370. The third-order valence-corrected chi connectivity index (χ3v) is 6.69. The Kier molecular flexibility index (Phi) is 7.28. The van der Waals surface area contributed by atoms with E-state index in [2.05, 4.69) is 50.2 Å². The number of amides is 1. The molecule has 2 aliphatic rings.